The third-order valence-corrected chi connectivity index (χ3v) is 2.12. The van der Waals surface area contributed by atoms with Crippen LogP contribution in [0.5, 0.6) is 0 Å². The van der Waals surface area contributed by atoms with Gasteiger partial charge in [0.1, 0.15) is 6.10 Å². The maximum atomic E-state index is 10.7. The Bertz CT molecular complexity index is 383. The van der Waals surface area contributed by atoms with Gasteiger partial charge >= 0.3 is 5.97 Å². The van der Waals surface area contributed by atoms with Gasteiger partial charge in [-0.2, -0.15) is 0 Å². The minimum absolute atomic E-state index is 0.0738. The second-order valence-corrected chi connectivity index (χ2v) is 3.68. The summed E-state index contributed by atoms with van der Waals surface area (Å²) >= 11 is 0. The van der Waals surface area contributed by atoms with Crippen molar-refractivity contribution in [3.05, 3.63) is 23.9 Å². The van der Waals surface area contributed by atoms with Crippen LogP contribution in [0, 0.1) is 0 Å². The number of carbonyl (C=O) groups excluding carboxylic acids is 1. The van der Waals surface area contributed by atoms with Crippen molar-refractivity contribution in [1.29, 1.82) is 0 Å². The van der Waals surface area contributed by atoms with E-state index in [2.05, 4.69) is 9.98 Å². The molecule has 1 rings (SSSR count). The lowest BCUT2D eigenvalue weighted by Gasteiger charge is -2.11. The smallest absolute Gasteiger partial charge is 0.303 e. The van der Waals surface area contributed by atoms with E-state index < -0.39 is 0 Å². The lowest BCUT2D eigenvalue weighted by atomic mass is 10.1. The molecule has 0 heterocycles. The zero-order chi connectivity index (χ0) is 12.7. The van der Waals surface area contributed by atoms with Crippen LogP contribution in [-0.2, 0) is 9.53 Å². The van der Waals surface area contributed by atoms with E-state index >= 15 is 0 Å². The van der Waals surface area contributed by atoms with Crippen LogP contribution in [0.4, 0.5) is 0 Å². The van der Waals surface area contributed by atoms with Gasteiger partial charge in [0.25, 0.3) is 0 Å². The molecule has 92 valence electrons. The van der Waals surface area contributed by atoms with Crippen LogP contribution in [0.3, 0.4) is 0 Å². The van der Waals surface area contributed by atoms with Gasteiger partial charge in [-0.1, -0.05) is 12.2 Å². The molecule has 2 atom stereocenters. The molecule has 0 bridgehead atoms. The Labute approximate surface area is 101 Å². The van der Waals surface area contributed by atoms with Crippen LogP contribution in [-0.4, -0.2) is 30.7 Å². The number of nitrogens with zero attached hydrogens (tertiary/aromatic N) is 2. The highest BCUT2D eigenvalue weighted by atomic mass is 16.5. The summed E-state index contributed by atoms with van der Waals surface area (Å²) in [5.74, 6) is -0.303. The molecule has 0 amide bonds. The Hall–Kier alpha value is -1.91. The van der Waals surface area contributed by atoms with Crippen LogP contribution < -0.4 is 5.73 Å². The number of hydrogen-bond donors (Lipinski definition) is 1. The van der Waals surface area contributed by atoms with Gasteiger partial charge in [-0.15, -0.1) is 0 Å². The quantitative estimate of drug-likeness (QED) is 0.452. The first-order valence-corrected chi connectivity index (χ1v) is 5.45. The summed E-state index contributed by atoms with van der Waals surface area (Å²) in [7, 11) is 0. The molecule has 1 aliphatic carbocycles. The fourth-order valence-corrected chi connectivity index (χ4v) is 1.41. The van der Waals surface area contributed by atoms with Gasteiger partial charge < -0.3 is 10.5 Å². The number of aliphatic imine (C=N–C) groups is 2. The van der Waals surface area contributed by atoms with Crippen LogP contribution in [0.2, 0.25) is 0 Å². The maximum Gasteiger partial charge on any atom is 0.303 e. The minimum Gasteiger partial charge on any atom is -0.457 e. The van der Waals surface area contributed by atoms with Crippen molar-refractivity contribution in [2.24, 2.45) is 15.7 Å². The molecule has 0 spiro atoms. The van der Waals surface area contributed by atoms with Crippen molar-refractivity contribution in [2.45, 2.75) is 32.4 Å². The van der Waals surface area contributed by atoms with Gasteiger partial charge in [-0.3, -0.25) is 9.79 Å². The van der Waals surface area contributed by atoms with Gasteiger partial charge in [0.05, 0.1) is 18.1 Å². The van der Waals surface area contributed by atoms with E-state index in [9.17, 15) is 4.79 Å². The first kappa shape index (κ1) is 13.2. The molecule has 0 fully saturated rings. The maximum absolute atomic E-state index is 10.7. The highest BCUT2D eigenvalue weighted by Crippen LogP contribution is 2.13. The first-order chi connectivity index (χ1) is 8.11. The number of esters is 1. The molecule has 5 heteroatoms. The molecule has 0 radical (unpaired) electrons. The highest BCUT2D eigenvalue weighted by Gasteiger charge is 2.07. The molecule has 17 heavy (non-hydrogen) atoms. The lowest BCUT2D eigenvalue weighted by Crippen LogP contribution is -2.15. The first-order valence-electron chi connectivity index (χ1n) is 5.45. The summed E-state index contributed by atoms with van der Waals surface area (Å²) in [6.07, 6.45) is 9.15. The predicted molar refractivity (Wildman–Crippen MR) is 68.0 cm³/mol. The molecule has 2 unspecified atom stereocenters. The van der Waals surface area contributed by atoms with Crippen molar-refractivity contribution in [3.8, 4) is 0 Å². The average Bonchev–Trinajstić information content (AvgIpc) is 2.28. The molecule has 1 aliphatic rings. The normalized spacial score (nSPS) is 21.8. The van der Waals surface area contributed by atoms with E-state index in [1.807, 2.05) is 18.2 Å². The zero-order valence-electron chi connectivity index (χ0n) is 10.0. The number of hydrogen-bond acceptors (Lipinski definition) is 4. The van der Waals surface area contributed by atoms with E-state index in [-0.39, 0.29) is 18.1 Å². The number of carbonyl (C=O) groups is 1. The van der Waals surface area contributed by atoms with E-state index in [1.165, 1.54) is 13.3 Å². The Balaban J connectivity index is 2.43. The molecule has 0 aromatic carbocycles. The number of allylic oxidation sites excluding steroid dienone is 1. The predicted octanol–water partition coefficient (Wildman–Crippen LogP) is 1.21. The monoisotopic (exact) mass is 235 g/mol. The number of nitrogens with two attached hydrogens (primary N) is 1. The fraction of sp³-hybridized carbons (Fsp3) is 0.417. The summed E-state index contributed by atoms with van der Waals surface area (Å²) in [5, 5.41) is 0. The van der Waals surface area contributed by atoms with Gasteiger partial charge in [0.2, 0.25) is 0 Å². The van der Waals surface area contributed by atoms with Crippen molar-refractivity contribution >= 4 is 18.5 Å². The molecular formula is C12H17N3O2. The van der Waals surface area contributed by atoms with E-state index in [0.29, 0.717) is 0 Å². The molecule has 0 aliphatic heterocycles. The minimum atomic E-state index is -0.303. The van der Waals surface area contributed by atoms with Gasteiger partial charge in [0.15, 0.2) is 0 Å². The summed E-state index contributed by atoms with van der Waals surface area (Å²) in [5.41, 5.74) is 6.03. The third kappa shape index (κ3) is 5.10. The van der Waals surface area contributed by atoms with Crippen LogP contribution in [0.25, 0.3) is 0 Å². The van der Waals surface area contributed by atoms with Gasteiger partial charge in [0, 0.05) is 13.1 Å². The SMILES string of the molecule is CC(=O)OC(C)C=NC1C=CC(N=CN)=CC1. The van der Waals surface area contributed by atoms with Crippen molar-refractivity contribution in [3.63, 3.8) is 0 Å². The van der Waals surface area contributed by atoms with E-state index in [4.69, 9.17) is 10.5 Å². The molecule has 2 N–H and O–H groups in total. The molecule has 0 saturated heterocycles. The Morgan fingerprint density at radius 1 is 1.71 bits per heavy atom. The molecule has 5 nitrogen and oxygen atoms in total. The molecular weight excluding hydrogens is 218 g/mol. The topological polar surface area (TPSA) is 77.0 Å². The summed E-state index contributed by atoms with van der Waals surface area (Å²) < 4.78 is 4.93. The number of rotatable bonds is 4. The largest absolute Gasteiger partial charge is 0.457 e. The van der Waals surface area contributed by atoms with Gasteiger partial charge in [-0.05, 0) is 19.4 Å². The van der Waals surface area contributed by atoms with Crippen LogP contribution >= 0.6 is 0 Å². The summed E-state index contributed by atoms with van der Waals surface area (Å²) in [6.45, 7) is 3.15. The lowest BCUT2D eigenvalue weighted by molar-refractivity contribution is -0.142. The van der Waals surface area contributed by atoms with Crippen molar-refractivity contribution in [2.75, 3.05) is 0 Å². The second kappa shape index (κ2) is 6.62. The molecule has 0 aromatic rings. The van der Waals surface area contributed by atoms with Crippen molar-refractivity contribution in [1.82, 2.24) is 0 Å². The second-order valence-electron chi connectivity index (χ2n) is 3.68. The average molecular weight is 235 g/mol. The Kier molecular flexibility index (Phi) is 5.13. The van der Waals surface area contributed by atoms with E-state index in [1.54, 1.807) is 13.1 Å². The fourth-order valence-electron chi connectivity index (χ4n) is 1.41. The van der Waals surface area contributed by atoms with E-state index in [0.717, 1.165) is 12.1 Å². The molecule has 0 aromatic heterocycles. The van der Waals surface area contributed by atoms with Crippen molar-refractivity contribution < 1.29 is 9.53 Å². The van der Waals surface area contributed by atoms with Gasteiger partial charge in [-0.25, -0.2) is 4.99 Å². The molecule has 0 saturated carbocycles. The zero-order valence-corrected chi connectivity index (χ0v) is 10.0. The van der Waals surface area contributed by atoms with Crippen LogP contribution in [0.1, 0.15) is 20.3 Å². The Morgan fingerprint density at radius 2 is 2.47 bits per heavy atom. The Morgan fingerprint density at radius 3 is 3.00 bits per heavy atom. The summed E-state index contributed by atoms with van der Waals surface area (Å²) in [6, 6.07) is 0.0738. The standard InChI is InChI=1S/C12H17N3O2/c1-9(17-10(2)16)7-14-11-3-5-12(6-4-11)15-8-13/h3,5-9,11H,4H2,1-2H3,(H2,13,15). The summed E-state index contributed by atoms with van der Waals surface area (Å²) in [4.78, 5) is 19.0. The highest BCUT2D eigenvalue weighted by molar-refractivity contribution is 5.71. The third-order valence-electron chi connectivity index (χ3n) is 2.12. The number of ether oxygens (including phenoxy) is 1. The van der Waals surface area contributed by atoms with Crippen LogP contribution in [0.15, 0.2) is 33.9 Å².